The van der Waals surface area contributed by atoms with Gasteiger partial charge >= 0.3 is 0 Å². The number of benzene rings is 1. The van der Waals surface area contributed by atoms with Gasteiger partial charge in [-0.3, -0.25) is 0 Å². The molecule has 0 radical (unpaired) electrons. The smallest absolute Gasteiger partial charge is 0.161 e. The number of unbranched alkanes of at least 4 members (excludes halogenated alkanes) is 1. The van der Waals surface area contributed by atoms with Crippen molar-refractivity contribution in [1.29, 1.82) is 0 Å². The predicted octanol–water partition coefficient (Wildman–Crippen LogP) is 2.48. The van der Waals surface area contributed by atoms with Crippen LogP contribution in [0.5, 0.6) is 11.5 Å². The van der Waals surface area contributed by atoms with Gasteiger partial charge in [-0.1, -0.05) is 13.0 Å². The van der Waals surface area contributed by atoms with Crippen molar-refractivity contribution in [3.05, 3.63) is 23.8 Å². The quantitative estimate of drug-likeness (QED) is 0.780. The van der Waals surface area contributed by atoms with E-state index < -0.39 is 0 Å². The van der Waals surface area contributed by atoms with Gasteiger partial charge in [0.1, 0.15) is 0 Å². The Bertz CT molecular complexity index is 433. The molecule has 0 bridgehead atoms. The second-order valence-electron chi connectivity index (χ2n) is 6.41. The number of hydrogen-bond acceptors (Lipinski definition) is 2. The zero-order valence-electron chi connectivity index (χ0n) is 13.8. The van der Waals surface area contributed by atoms with Crippen molar-refractivity contribution in [3.63, 3.8) is 0 Å². The molecule has 1 fully saturated rings. The highest BCUT2D eigenvalue weighted by atomic mass is 16.5. The SMILES string of the molecule is COc1cc(C)ccc1OCCCC[NH+]1CCC[C@H](C)C1. The number of aryl methyl sites for hydroxylation is 1. The zero-order valence-corrected chi connectivity index (χ0v) is 13.8. The standard InChI is InChI=1S/C18H29NO2/c1-15-8-9-17(18(13-15)20-3)21-12-5-4-10-19-11-6-7-16(2)14-19/h8-9,13,16H,4-7,10-12,14H2,1-3H3/p+1/t16-/m0/s1. The number of piperidine rings is 1. The summed E-state index contributed by atoms with van der Waals surface area (Å²) in [6.45, 7) is 9.23. The first kappa shape index (κ1) is 16.2. The molecule has 1 heterocycles. The molecule has 1 aromatic carbocycles. The lowest BCUT2D eigenvalue weighted by Gasteiger charge is -2.27. The van der Waals surface area contributed by atoms with Crippen molar-refractivity contribution in [2.45, 2.75) is 39.5 Å². The molecule has 1 aromatic rings. The molecule has 0 saturated carbocycles. The van der Waals surface area contributed by atoms with Crippen molar-refractivity contribution >= 4 is 0 Å². The Balaban J connectivity index is 1.65. The number of quaternary nitrogens is 1. The third-order valence-electron chi connectivity index (χ3n) is 4.37. The number of ether oxygens (including phenoxy) is 2. The Morgan fingerprint density at radius 1 is 1.24 bits per heavy atom. The van der Waals surface area contributed by atoms with E-state index >= 15 is 0 Å². The number of hydrogen-bond donors (Lipinski definition) is 1. The largest absolute Gasteiger partial charge is 0.493 e. The lowest BCUT2D eigenvalue weighted by atomic mass is 10.0. The predicted molar refractivity (Wildman–Crippen MR) is 86.4 cm³/mol. The number of methoxy groups -OCH3 is 1. The van der Waals surface area contributed by atoms with Gasteiger partial charge in [-0.2, -0.15) is 0 Å². The van der Waals surface area contributed by atoms with Crippen LogP contribution in [-0.4, -0.2) is 33.4 Å². The summed E-state index contributed by atoms with van der Waals surface area (Å²) < 4.78 is 11.2. The van der Waals surface area contributed by atoms with Crippen LogP contribution in [0.2, 0.25) is 0 Å². The molecule has 3 nitrogen and oxygen atoms in total. The van der Waals surface area contributed by atoms with Crippen molar-refractivity contribution in [2.75, 3.05) is 33.4 Å². The van der Waals surface area contributed by atoms with E-state index in [2.05, 4.69) is 19.9 Å². The third kappa shape index (κ3) is 5.24. The maximum Gasteiger partial charge on any atom is 0.161 e. The summed E-state index contributed by atoms with van der Waals surface area (Å²) >= 11 is 0. The molecule has 2 atom stereocenters. The molecule has 0 amide bonds. The van der Waals surface area contributed by atoms with Gasteiger partial charge in [0.25, 0.3) is 0 Å². The molecule has 1 aliphatic rings. The van der Waals surface area contributed by atoms with E-state index in [9.17, 15) is 0 Å². The van der Waals surface area contributed by atoms with Gasteiger partial charge in [0.15, 0.2) is 11.5 Å². The normalized spacial score (nSPS) is 22.0. The monoisotopic (exact) mass is 292 g/mol. The minimum absolute atomic E-state index is 0.780. The Kier molecular flexibility index (Phi) is 6.37. The Morgan fingerprint density at radius 3 is 2.86 bits per heavy atom. The summed E-state index contributed by atoms with van der Waals surface area (Å²) in [5.74, 6) is 2.61. The van der Waals surface area contributed by atoms with Gasteiger partial charge in [-0.05, 0) is 50.3 Å². The summed E-state index contributed by atoms with van der Waals surface area (Å²) in [6.07, 6.45) is 5.18. The zero-order chi connectivity index (χ0) is 15.1. The van der Waals surface area contributed by atoms with E-state index in [0.29, 0.717) is 0 Å². The lowest BCUT2D eigenvalue weighted by Crippen LogP contribution is -3.13. The summed E-state index contributed by atoms with van der Waals surface area (Å²) in [6, 6.07) is 6.09. The fraction of sp³-hybridized carbons (Fsp3) is 0.667. The average molecular weight is 292 g/mol. The maximum absolute atomic E-state index is 5.86. The molecule has 0 spiro atoms. The molecule has 0 aromatic heterocycles. The van der Waals surface area contributed by atoms with Crippen LogP contribution in [-0.2, 0) is 0 Å². The highest BCUT2D eigenvalue weighted by molar-refractivity contribution is 5.42. The molecule has 0 aliphatic carbocycles. The highest BCUT2D eigenvalue weighted by Gasteiger charge is 2.18. The van der Waals surface area contributed by atoms with Crippen molar-refractivity contribution in [3.8, 4) is 11.5 Å². The first-order valence-corrected chi connectivity index (χ1v) is 8.30. The van der Waals surface area contributed by atoms with Gasteiger partial charge in [-0.15, -0.1) is 0 Å². The average Bonchev–Trinajstić information content (AvgIpc) is 2.48. The van der Waals surface area contributed by atoms with Crippen molar-refractivity contribution in [2.24, 2.45) is 5.92 Å². The van der Waals surface area contributed by atoms with Crippen LogP contribution in [0.4, 0.5) is 0 Å². The minimum atomic E-state index is 0.780. The van der Waals surface area contributed by atoms with Gasteiger partial charge in [-0.25, -0.2) is 0 Å². The van der Waals surface area contributed by atoms with Gasteiger partial charge in [0.2, 0.25) is 0 Å². The van der Waals surface area contributed by atoms with Crippen LogP contribution in [0, 0.1) is 12.8 Å². The van der Waals surface area contributed by atoms with Crippen molar-refractivity contribution in [1.82, 2.24) is 0 Å². The molecule has 1 saturated heterocycles. The Hall–Kier alpha value is -1.22. The van der Waals surface area contributed by atoms with E-state index in [1.54, 1.807) is 12.0 Å². The third-order valence-corrected chi connectivity index (χ3v) is 4.37. The highest BCUT2D eigenvalue weighted by Crippen LogP contribution is 2.27. The molecule has 1 aliphatic heterocycles. The van der Waals surface area contributed by atoms with E-state index in [1.165, 1.54) is 44.5 Å². The van der Waals surface area contributed by atoms with Gasteiger partial charge in [0.05, 0.1) is 33.4 Å². The van der Waals surface area contributed by atoms with E-state index in [-0.39, 0.29) is 0 Å². The van der Waals surface area contributed by atoms with E-state index in [4.69, 9.17) is 9.47 Å². The summed E-state index contributed by atoms with van der Waals surface area (Å²) in [4.78, 5) is 1.78. The molecular weight excluding hydrogens is 262 g/mol. The summed E-state index contributed by atoms with van der Waals surface area (Å²) in [7, 11) is 1.70. The maximum atomic E-state index is 5.86. The Morgan fingerprint density at radius 2 is 2.10 bits per heavy atom. The second-order valence-corrected chi connectivity index (χ2v) is 6.41. The molecule has 2 rings (SSSR count). The number of likely N-dealkylation sites (tertiary alicyclic amines) is 1. The van der Waals surface area contributed by atoms with E-state index in [0.717, 1.165) is 30.4 Å². The molecule has 1 N–H and O–H groups in total. The second kappa shape index (κ2) is 8.28. The van der Waals surface area contributed by atoms with E-state index in [1.807, 2.05) is 12.1 Å². The van der Waals surface area contributed by atoms with Crippen LogP contribution < -0.4 is 14.4 Å². The van der Waals surface area contributed by atoms with Crippen molar-refractivity contribution < 1.29 is 14.4 Å². The summed E-state index contributed by atoms with van der Waals surface area (Å²) in [5.41, 5.74) is 1.20. The van der Waals surface area contributed by atoms with Crippen LogP contribution in [0.1, 0.15) is 38.2 Å². The summed E-state index contributed by atoms with van der Waals surface area (Å²) in [5, 5.41) is 0. The molecule has 118 valence electrons. The number of nitrogens with one attached hydrogen (secondary N) is 1. The lowest BCUT2D eigenvalue weighted by molar-refractivity contribution is -0.908. The van der Waals surface area contributed by atoms with Crippen LogP contribution in [0.15, 0.2) is 18.2 Å². The van der Waals surface area contributed by atoms with Crippen LogP contribution in [0.3, 0.4) is 0 Å². The first-order valence-electron chi connectivity index (χ1n) is 8.30. The number of rotatable bonds is 7. The topological polar surface area (TPSA) is 22.9 Å². The molecule has 21 heavy (non-hydrogen) atoms. The fourth-order valence-electron chi connectivity index (χ4n) is 3.18. The van der Waals surface area contributed by atoms with Gasteiger partial charge < -0.3 is 14.4 Å². The van der Waals surface area contributed by atoms with Crippen LogP contribution in [0.25, 0.3) is 0 Å². The molecular formula is C18H30NO2+. The first-order chi connectivity index (χ1) is 10.2. The van der Waals surface area contributed by atoms with Crippen LogP contribution >= 0.6 is 0 Å². The van der Waals surface area contributed by atoms with Gasteiger partial charge in [0, 0.05) is 5.92 Å². The minimum Gasteiger partial charge on any atom is -0.493 e. The fourth-order valence-corrected chi connectivity index (χ4v) is 3.18. The Labute approximate surface area is 129 Å². The molecule has 1 unspecified atom stereocenters. The molecule has 3 heteroatoms.